The van der Waals surface area contributed by atoms with Crippen LogP contribution in [0.15, 0.2) is 24.3 Å². The number of halogens is 1. The largest absolute Gasteiger partial charge is 0.376 e. The molecule has 0 unspecified atom stereocenters. The van der Waals surface area contributed by atoms with E-state index in [9.17, 15) is 13.2 Å². The number of ether oxygens (including phenoxy) is 1. The van der Waals surface area contributed by atoms with Gasteiger partial charge in [0.05, 0.1) is 11.9 Å². The van der Waals surface area contributed by atoms with Crippen molar-refractivity contribution in [1.82, 2.24) is 14.5 Å². The highest BCUT2D eigenvalue weighted by atomic mass is 35.5. The van der Waals surface area contributed by atoms with Gasteiger partial charge in [0.2, 0.25) is 10.0 Å². The van der Waals surface area contributed by atoms with Crippen LogP contribution < -0.4 is 5.32 Å². The third-order valence-electron chi connectivity index (χ3n) is 4.90. The molecule has 1 aromatic rings. The molecule has 2 saturated heterocycles. The zero-order valence-corrected chi connectivity index (χ0v) is 16.8. The third kappa shape index (κ3) is 5.65. The van der Waals surface area contributed by atoms with Gasteiger partial charge in [-0.25, -0.2) is 8.42 Å². The number of carbonyl (C=O) groups is 1. The van der Waals surface area contributed by atoms with Crippen LogP contribution in [0.4, 0.5) is 0 Å². The summed E-state index contributed by atoms with van der Waals surface area (Å²) >= 11 is 6.01. The second-order valence-corrected chi connectivity index (χ2v) is 9.39. The number of nitrogens with zero attached hydrogens (tertiary/aromatic N) is 2. The number of carbonyl (C=O) groups excluding carboxylic acids is 1. The first kappa shape index (κ1) is 20.5. The number of piperazine rings is 1. The second kappa shape index (κ2) is 9.34. The van der Waals surface area contributed by atoms with Crippen molar-refractivity contribution < 1.29 is 17.9 Å². The normalized spacial score (nSPS) is 21.3. The molecule has 1 atom stereocenters. The summed E-state index contributed by atoms with van der Waals surface area (Å²) < 4.78 is 32.4. The van der Waals surface area contributed by atoms with E-state index >= 15 is 0 Å². The van der Waals surface area contributed by atoms with Crippen LogP contribution in [0, 0.1) is 0 Å². The van der Waals surface area contributed by atoms with Crippen molar-refractivity contribution in [1.29, 1.82) is 0 Å². The summed E-state index contributed by atoms with van der Waals surface area (Å²) in [6.07, 6.45) is 1.79. The predicted octanol–water partition coefficient (Wildman–Crippen LogP) is 1.20. The van der Waals surface area contributed by atoms with E-state index in [-0.39, 0.29) is 24.3 Å². The highest BCUT2D eigenvalue weighted by Crippen LogP contribution is 2.17. The Kier molecular flexibility index (Phi) is 7.10. The van der Waals surface area contributed by atoms with Crippen molar-refractivity contribution in [3.05, 3.63) is 34.9 Å². The zero-order valence-electron chi connectivity index (χ0n) is 15.3. The molecule has 0 radical (unpaired) electrons. The van der Waals surface area contributed by atoms with E-state index in [0.717, 1.165) is 12.8 Å². The minimum atomic E-state index is -3.40. The number of sulfonamides is 1. The van der Waals surface area contributed by atoms with E-state index in [1.807, 2.05) is 0 Å². The van der Waals surface area contributed by atoms with Crippen molar-refractivity contribution in [2.45, 2.75) is 18.9 Å². The summed E-state index contributed by atoms with van der Waals surface area (Å²) in [6.45, 7) is 3.45. The van der Waals surface area contributed by atoms with Gasteiger partial charge in [-0.15, -0.1) is 0 Å². The number of nitrogens with one attached hydrogen (secondary N) is 1. The first-order valence-corrected chi connectivity index (χ1v) is 11.3. The number of rotatable bonds is 7. The molecular formula is C18H26ClN3O4S. The minimum absolute atomic E-state index is 0.0463. The summed E-state index contributed by atoms with van der Waals surface area (Å²) in [5.74, 6) is -0.310. The highest BCUT2D eigenvalue weighted by molar-refractivity contribution is 7.89. The van der Waals surface area contributed by atoms with Crippen LogP contribution in [0.1, 0.15) is 23.2 Å². The molecule has 0 bridgehead atoms. The molecule has 9 heteroatoms. The van der Waals surface area contributed by atoms with Gasteiger partial charge in [0.25, 0.3) is 5.91 Å². The maximum Gasteiger partial charge on any atom is 0.254 e. The van der Waals surface area contributed by atoms with Crippen LogP contribution in [0.3, 0.4) is 0 Å². The molecule has 2 fully saturated rings. The van der Waals surface area contributed by atoms with E-state index in [4.69, 9.17) is 16.3 Å². The van der Waals surface area contributed by atoms with Crippen LogP contribution in [-0.4, -0.2) is 81.3 Å². The Balaban J connectivity index is 1.70. The van der Waals surface area contributed by atoms with E-state index in [0.29, 0.717) is 49.9 Å². The average molecular weight is 416 g/mol. The Morgan fingerprint density at radius 2 is 2.11 bits per heavy atom. The molecule has 1 N–H and O–H groups in total. The molecule has 150 valence electrons. The Morgan fingerprint density at radius 3 is 2.78 bits per heavy atom. The lowest BCUT2D eigenvalue weighted by atomic mass is 10.1. The van der Waals surface area contributed by atoms with Crippen molar-refractivity contribution in [3.8, 4) is 0 Å². The van der Waals surface area contributed by atoms with Gasteiger partial charge in [0.15, 0.2) is 0 Å². The van der Waals surface area contributed by atoms with Crippen molar-refractivity contribution in [2.75, 3.05) is 51.6 Å². The van der Waals surface area contributed by atoms with Crippen LogP contribution >= 0.6 is 11.6 Å². The van der Waals surface area contributed by atoms with E-state index in [1.54, 1.807) is 29.2 Å². The fourth-order valence-corrected chi connectivity index (χ4v) is 5.03. The topological polar surface area (TPSA) is 79.0 Å². The average Bonchev–Trinajstić information content (AvgIpc) is 3.18. The molecule has 1 amide bonds. The lowest BCUT2D eigenvalue weighted by molar-refractivity contribution is 0.0540. The quantitative estimate of drug-likeness (QED) is 0.723. The second-order valence-electron chi connectivity index (χ2n) is 6.86. The van der Waals surface area contributed by atoms with Crippen molar-refractivity contribution >= 4 is 27.5 Å². The molecule has 0 saturated carbocycles. The van der Waals surface area contributed by atoms with Crippen molar-refractivity contribution in [2.24, 2.45) is 0 Å². The Hall–Kier alpha value is -1.19. The highest BCUT2D eigenvalue weighted by Gasteiger charge is 2.28. The Bertz CT molecular complexity index is 747. The summed E-state index contributed by atoms with van der Waals surface area (Å²) in [6, 6.07) is 6.73. The van der Waals surface area contributed by atoms with E-state index in [2.05, 4.69) is 5.32 Å². The fourth-order valence-electron chi connectivity index (χ4n) is 3.39. The molecule has 3 rings (SSSR count). The van der Waals surface area contributed by atoms with Gasteiger partial charge in [-0.2, -0.15) is 4.31 Å². The van der Waals surface area contributed by atoms with Crippen LogP contribution in [0.5, 0.6) is 0 Å². The molecule has 7 nitrogen and oxygen atoms in total. The van der Waals surface area contributed by atoms with Gasteiger partial charge in [0, 0.05) is 56.5 Å². The Morgan fingerprint density at radius 1 is 1.33 bits per heavy atom. The molecule has 2 aliphatic rings. The first-order chi connectivity index (χ1) is 13.0. The van der Waals surface area contributed by atoms with Crippen LogP contribution in [0.25, 0.3) is 0 Å². The van der Waals surface area contributed by atoms with Gasteiger partial charge in [-0.1, -0.05) is 17.7 Å². The third-order valence-corrected chi connectivity index (χ3v) is 6.98. The number of benzene rings is 1. The maximum atomic E-state index is 13.0. The monoisotopic (exact) mass is 415 g/mol. The van der Waals surface area contributed by atoms with Gasteiger partial charge in [-0.05, 0) is 31.0 Å². The van der Waals surface area contributed by atoms with E-state index < -0.39 is 10.0 Å². The standard InChI is InChI=1S/C18H26ClN3O4S/c19-16-4-1-3-15(13-16)18(23)21(14-17-5-2-11-26-17)10-12-27(24,25)22-8-6-20-7-9-22/h1,3-4,13,17,20H,2,5-12,14H2/t17-/m1/s1. The summed E-state index contributed by atoms with van der Waals surface area (Å²) in [7, 11) is -3.40. The lowest BCUT2D eigenvalue weighted by Crippen LogP contribution is -2.49. The molecule has 0 spiro atoms. The number of hydrogen-bond acceptors (Lipinski definition) is 5. The number of amides is 1. The maximum absolute atomic E-state index is 13.0. The fraction of sp³-hybridized carbons (Fsp3) is 0.611. The van der Waals surface area contributed by atoms with Gasteiger partial charge >= 0.3 is 0 Å². The summed E-state index contributed by atoms with van der Waals surface area (Å²) in [5.41, 5.74) is 0.458. The minimum Gasteiger partial charge on any atom is -0.376 e. The van der Waals surface area contributed by atoms with Crippen LogP contribution in [0.2, 0.25) is 5.02 Å². The molecular weight excluding hydrogens is 390 g/mol. The molecule has 2 heterocycles. The van der Waals surface area contributed by atoms with Gasteiger partial charge in [-0.3, -0.25) is 4.79 Å². The SMILES string of the molecule is O=C(c1cccc(Cl)c1)N(CCS(=O)(=O)N1CCNCC1)C[C@H]1CCCO1. The molecule has 0 aromatic heterocycles. The van der Waals surface area contributed by atoms with Crippen LogP contribution in [-0.2, 0) is 14.8 Å². The predicted molar refractivity (Wildman–Crippen MR) is 105 cm³/mol. The van der Waals surface area contributed by atoms with Crippen molar-refractivity contribution in [3.63, 3.8) is 0 Å². The molecule has 27 heavy (non-hydrogen) atoms. The summed E-state index contributed by atoms with van der Waals surface area (Å²) in [4.78, 5) is 14.6. The smallest absolute Gasteiger partial charge is 0.254 e. The van der Waals surface area contributed by atoms with E-state index in [1.165, 1.54) is 4.31 Å². The number of hydrogen-bond donors (Lipinski definition) is 1. The molecule has 1 aromatic carbocycles. The Labute approximate surface area is 165 Å². The zero-order chi connectivity index (χ0) is 19.3. The summed E-state index contributed by atoms with van der Waals surface area (Å²) in [5, 5.41) is 3.62. The molecule has 0 aliphatic carbocycles. The van der Waals surface area contributed by atoms with Gasteiger partial charge in [0.1, 0.15) is 0 Å². The molecule has 2 aliphatic heterocycles. The van der Waals surface area contributed by atoms with Gasteiger partial charge < -0.3 is 15.0 Å². The first-order valence-electron chi connectivity index (χ1n) is 9.31. The lowest BCUT2D eigenvalue weighted by Gasteiger charge is -2.29.